The molecule has 0 aromatic carbocycles. The highest BCUT2D eigenvalue weighted by atomic mass is 16.4. The zero-order valence-electron chi connectivity index (χ0n) is 16.6. The van der Waals surface area contributed by atoms with Crippen molar-refractivity contribution < 1.29 is 18.8 Å². The number of carbonyl (C=O) groups excluding carboxylic acids is 3. The molecule has 0 bridgehead atoms. The van der Waals surface area contributed by atoms with Crippen molar-refractivity contribution >= 4 is 17.8 Å². The quantitative estimate of drug-likeness (QED) is 0.740. The number of nitrogens with zero attached hydrogens (tertiary/aromatic N) is 3. The van der Waals surface area contributed by atoms with E-state index in [4.69, 9.17) is 4.42 Å². The first kappa shape index (κ1) is 18.9. The Labute approximate surface area is 163 Å². The molecule has 28 heavy (non-hydrogen) atoms. The average molecular weight is 389 g/mol. The van der Waals surface area contributed by atoms with Crippen molar-refractivity contribution in [2.45, 2.75) is 70.9 Å². The predicted molar refractivity (Wildman–Crippen MR) is 97.9 cm³/mol. The van der Waals surface area contributed by atoms with Crippen molar-refractivity contribution in [3.8, 4) is 0 Å². The minimum atomic E-state index is -0.899. The van der Waals surface area contributed by atoms with E-state index in [0.717, 1.165) is 24.2 Å². The maximum Gasteiger partial charge on any atom is 0.325 e. The van der Waals surface area contributed by atoms with Gasteiger partial charge in [0.05, 0.1) is 6.54 Å². The highest BCUT2D eigenvalue weighted by molar-refractivity contribution is 6.09. The molecule has 0 radical (unpaired) electrons. The molecule has 2 saturated carbocycles. The van der Waals surface area contributed by atoms with E-state index in [0.29, 0.717) is 36.5 Å². The molecule has 9 nitrogen and oxygen atoms in total. The molecule has 2 aliphatic carbocycles. The summed E-state index contributed by atoms with van der Waals surface area (Å²) in [5.74, 6) is 0.859. The summed E-state index contributed by atoms with van der Waals surface area (Å²) in [6.07, 6.45) is 4.30. The van der Waals surface area contributed by atoms with Gasteiger partial charge in [0.25, 0.3) is 5.91 Å². The second-order valence-corrected chi connectivity index (χ2v) is 9.34. The van der Waals surface area contributed by atoms with Crippen molar-refractivity contribution in [3.05, 3.63) is 11.8 Å². The van der Waals surface area contributed by atoms with Crippen molar-refractivity contribution in [1.29, 1.82) is 0 Å². The average Bonchev–Trinajstić information content (AvgIpc) is 3.29. The summed E-state index contributed by atoms with van der Waals surface area (Å²) in [5.41, 5.74) is -0.944. The standard InChI is InChI=1S/C19H27N5O4/c1-11-6-18(2,3)10-19(7-11)16(26)24(17(27)21-19)9-13(25)20-8-14-22-23-15(28-14)12-4-5-12/h11-12H,4-10H2,1-3H3,(H,20,25)(H,21,27)/t11-,19-/m1/s1. The topological polar surface area (TPSA) is 117 Å². The van der Waals surface area contributed by atoms with Crippen LogP contribution in [0.25, 0.3) is 0 Å². The Bertz CT molecular complexity index is 815. The molecule has 2 heterocycles. The molecule has 2 N–H and O–H groups in total. The van der Waals surface area contributed by atoms with Gasteiger partial charge >= 0.3 is 6.03 Å². The summed E-state index contributed by atoms with van der Waals surface area (Å²) < 4.78 is 5.50. The third kappa shape index (κ3) is 3.62. The molecule has 152 valence electrons. The lowest BCUT2D eigenvalue weighted by atomic mass is 9.64. The van der Waals surface area contributed by atoms with E-state index >= 15 is 0 Å². The van der Waals surface area contributed by atoms with E-state index in [9.17, 15) is 14.4 Å². The summed E-state index contributed by atoms with van der Waals surface area (Å²) in [6, 6.07) is -0.501. The first-order chi connectivity index (χ1) is 13.2. The molecule has 4 rings (SSSR count). The van der Waals surface area contributed by atoms with Crippen molar-refractivity contribution in [2.75, 3.05) is 6.54 Å². The van der Waals surface area contributed by atoms with Crippen LogP contribution in [0, 0.1) is 11.3 Å². The van der Waals surface area contributed by atoms with E-state index in [2.05, 4.69) is 41.6 Å². The maximum atomic E-state index is 13.0. The molecule has 0 unspecified atom stereocenters. The first-order valence-corrected chi connectivity index (χ1v) is 9.91. The maximum absolute atomic E-state index is 13.0. The van der Waals surface area contributed by atoms with E-state index in [1.807, 2.05) is 0 Å². The number of aromatic nitrogens is 2. The second-order valence-electron chi connectivity index (χ2n) is 9.34. The largest absolute Gasteiger partial charge is 0.423 e. The lowest BCUT2D eigenvalue weighted by Crippen LogP contribution is -2.54. The first-order valence-electron chi connectivity index (χ1n) is 9.91. The van der Waals surface area contributed by atoms with Gasteiger partial charge in [0, 0.05) is 5.92 Å². The molecule has 1 aliphatic heterocycles. The molecule has 4 amide bonds. The highest BCUT2D eigenvalue weighted by Gasteiger charge is 2.56. The number of hydrogen-bond donors (Lipinski definition) is 2. The van der Waals surface area contributed by atoms with Gasteiger partial charge in [0.15, 0.2) is 0 Å². The van der Waals surface area contributed by atoms with Crippen molar-refractivity contribution in [1.82, 2.24) is 25.7 Å². The van der Waals surface area contributed by atoms with Gasteiger partial charge in [-0.05, 0) is 43.4 Å². The van der Waals surface area contributed by atoms with Gasteiger partial charge in [-0.1, -0.05) is 20.8 Å². The summed E-state index contributed by atoms with van der Waals surface area (Å²) in [7, 11) is 0. The molecule has 1 saturated heterocycles. The Morgan fingerprint density at radius 3 is 2.71 bits per heavy atom. The third-order valence-electron chi connectivity index (χ3n) is 5.77. The number of imide groups is 1. The Morgan fingerprint density at radius 1 is 1.29 bits per heavy atom. The molecule has 3 fully saturated rings. The van der Waals surface area contributed by atoms with Crippen LogP contribution in [-0.4, -0.2) is 45.0 Å². The van der Waals surface area contributed by atoms with E-state index < -0.39 is 17.5 Å². The molecule has 1 spiro atoms. The molecule has 9 heteroatoms. The number of hydrogen-bond acceptors (Lipinski definition) is 6. The zero-order valence-corrected chi connectivity index (χ0v) is 16.6. The van der Waals surface area contributed by atoms with E-state index in [1.54, 1.807) is 0 Å². The second kappa shape index (κ2) is 6.56. The minimum Gasteiger partial charge on any atom is -0.423 e. The van der Waals surface area contributed by atoms with Crippen LogP contribution in [0.2, 0.25) is 0 Å². The van der Waals surface area contributed by atoms with E-state index in [1.165, 1.54) is 0 Å². The predicted octanol–water partition coefficient (Wildman–Crippen LogP) is 1.70. The fourth-order valence-electron chi connectivity index (χ4n) is 4.86. The fraction of sp³-hybridized carbons (Fsp3) is 0.737. The molecule has 1 aromatic rings. The van der Waals surface area contributed by atoms with E-state index in [-0.39, 0.29) is 24.4 Å². The highest BCUT2D eigenvalue weighted by Crippen LogP contribution is 2.46. The Kier molecular flexibility index (Phi) is 4.43. The van der Waals surface area contributed by atoms with Crippen LogP contribution in [0.1, 0.15) is 70.6 Å². The van der Waals surface area contributed by atoms with Crippen LogP contribution in [0.5, 0.6) is 0 Å². The molecular weight excluding hydrogens is 362 g/mol. The zero-order chi connectivity index (χ0) is 20.1. The molecule has 3 aliphatic rings. The van der Waals surface area contributed by atoms with Gasteiger partial charge in [0.2, 0.25) is 17.7 Å². The van der Waals surface area contributed by atoms with Gasteiger partial charge in [-0.2, -0.15) is 0 Å². The van der Waals surface area contributed by atoms with Crippen LogP contribution in [0.4, 0.5) is 4.79 Å². The Hall–Kier alpha value is -2.45. The summed E-state index contributed by atoms with van der Waals surface area (Å²) >= 11 is 0. The number of nitrogens with one attached hydrogen (secondary N) is 2. The summed E-state index contributed by atoms with van der Waals surface area (Å²) in [4.78, 5) is 38.8. The number of amides is 4. The Balaban J connectivity index is 1.36. The van der Waals surface area contributed by atoms with Crippen molar-refractivity contribution in [2.24, 2.45) is 11.3 Å². The van der Waals surface area contributed by atoms with Crippen LogP contribution in [0.3, 0.4) is 0 Å². The summed E-state index contributed by atoms with van der Waals surface area (Å²) in [5, 5.41) is 13.4. The lowest BCUT2D eigenvalue weighted by molar-refractivity contribution is -0.137. The molecule has 1 aromatic heterocycles. The number of urea groups is 1. The van der Waals surface area contributed by atoms with Crippen LogP contribution < -0.4 is 10.6 Å². The smallest absolute Gasteiger partial charge is 0.325 e. The van der Waals surface area contributed by atoms with Gasteiger partial charge in [0.1, 0.15) is 12.1 Å². The normalized spacial score (nSPS) is 29.2. The van der Waals surface area contributed by atoms with Gasteiger partial charge in [-0.3, -0.25) is 14.5 Å². The van der Waals surface area contributed by atoms with Gasteiger partial charge in [-0.25, -0.2) is 4.79 Å². The van der Waals surface area contributed by atoms with Crippen molar-refractivity contribution in [3.63, 3.8) is 0 Å². The minimum absolute atomic E-state index is 0.0455. The SMILES string of the molecule is C[C@@H]1CC(C)(C)C[C@@]2(C1)NC(=O)N(CC(=O)NCc1nnc(C3CC3)o1)C2=O. The fourth-order valence-corrected chi connectivity index (χ4v) is 4.86. The monoisotopic (exact) mass is 389 g/mol. The number of rotatable bonds is 5. The summed E-state index contributed by atoms with van der Waals surface area (Å²) in [6.45, 7) is 6.08. The number of carbonyl (C=O) groups is 3. The van der Waals surface area contributed by atoms with Crippen LogP contribution in [-0.2, 0) is 16.1 Å². The van der Waals surface area contributed by atoms with Crippen LogP contribution in [0.15, 0.2) is 4.42 Å². The Morgan fingerprint density at radius 2 is 2.04 bits per heavy atom. The van der Waals surface area contributed by atoms with Gasteiger partial charge in [-0.15, -0.1) is 10.2 Å². The lowest BCUT2D eigenvalue weighted by Gasteiger charge is -2.43. The van der Waals surface area contributed by atoms with Gasteiger partial charge < -0.3 is 15.1 Å². The molecule has 2 atom stereocenters. The molecular formula is C19H27N5O4. The third-order valence-corrected chi connectivity index (χ3v) is 5.77. The van der Waals surface area contributed by atoms with Crippen LogP contribution >= 0.6 is 0 Å².